The number of anilines is 1. The molecule has 4 heteroatoms. The second kappa shape index (κ2) is 7.86. The van der Waals surface area contributed by atoms with Crippen molar-refractivity contribution in [3.8, 4) is 0 Å². The van der Waals surface area contributed by atoms with Gasteiger partial charge in [0.25, 0.3) is 5.91 Å². The number of benzene rings is 3. The number of nitrogens with zero attached hydrogens (tertiary/aromatic N) is 1. The van der Waals surface area contributed by atoms with E-state index in [2.05, 4.69) is 0 Å². The van der Waals surface area contributed by atoms with E-state index in [0.717, 1.165) is 5.56 Å². The standard InChI is InChI=1S/C25H21NO3/c27-23(20-13-5-2-6-14-20)18-25(29)21-15-7-8-16-22(21)26(24(25)28)17-9-12-19-10-3-1-4-11-19/h1-16,29H,17-18H2/b12-9+. The molecule has 4 nitrogen and oxygen atoms in total. The van der Waals surface area contributed by atoms with Crippen LogP contribution in [0.2, 0.25) is 0 Å². The Morgan fingerprint density at radius 1 is 0.897 bits per heavy atom. The highest BCUT2D eigenvalue weighted by Crippen LogP contribution is 2.42. The first-order valence-electron chi connectivity index (χ1n) is 9.53. The largest absolute Gasteiger partial charge is 0.375 e. The number of carbonyl (C=O) groups excluding carboxylic acids is 2. The van der Waals surface area contributed by atoms with Gasteiger partial charge >= 0.3 is 0 Å². The van der Waals surface area contributed by atoms with Crippen LogP contribution < -0.4 is 4.90 Å². The van der Waals surface area contributed by atoms with E-state index in [0.29, 0.717) is 23.4 Å². The third kappa shape index (κ3) is 3.62. The van der Waals surface area contributed by atoms with Crippen LogP contribution in [0.1, 0.15) is 27.9 Å². The van der Waals surface area contributed by atoms with E-state index in [4.69, 9.17) is 0 Å². The summed E-state index contributed by atoms with van der Waals surface area (Å²) in [6.45, 7) is 0.312. The fraction of sp³-hybridized carbons (Fsp3) is 0.120. The van der Waals surface area contributed by atoms with Crippen molar-refractivity contribution in [2.45, 2.75) is 12.0 Å². The molecule has 1 heterocycles. The zero-order valence-corrected chi connectivity index (χ0v) is 15.9. The van der Waals surface area contributed by atoms with E-state index in [1.54, 1.807) is 42.5 Å². The number of fused-ring (bicyclic) bond motifs is 1. The molecule has 3 aromatic rings. The summed E-state index contributed by atoms with van der Waals surface area (Å²) in [5.41, 5.74) is 0.765. The Morgan fingerprint density at radius 3 is 2.24 bits per heavy atom. The first-order chi connectivity index (χ1) is 14.1. The maximum atomic E-state index is 13.2. The van der Waals surface area contributed by atoms with Crippen molar-refractivity contribution in [3.63, 3.8) is 0 Å². The highest BCUT2D eigenvalue weighted by molar-refractivity contribution is 6.10. The lowest BCUT2D eigenvalue weighted by Gasteiger charge is -2.22. The molecule has 1 aliphatic heterocycles. The Kier molecular flexibility index (Phi) is 5.10. The number of rotatable bonds is 6. The molecule has 1 atom stereocenters. The smallest absolute Gasteiger partial charge is 0.264 e. The van der Waals surface area contributed by atoms with Crippen LogP contribution in [0, 0.1) is 0 Å². The van der Waals surface area contributed by atoms with Gasteiger partial charge in [-0.3, -0.25) is 9.59 Å². The number of amides is 1. The van der Waals surface area contributed by atoms with E-state index in [-0.39, 0.29) is 12.2 Å². The summed E-state index contributed by atoms with van der Waals surface area (Å²) in [6.07, 6.45) is 3.53. The van der Waals surface area contributed by atoms with Gasteiger partial charge < -0.3 is 10.0 Å². The Hall–Kier alpha value is -3.50. The molecule has 0 radical (unpaired) electrons. The van der Waals surface area contributed by atoms with Crippen LogP contribution in [0.5, 0.6) is 0 Å². The van der Waals surface area contributed by atoms with Gasteiger partial charge in [0, 0.05) is 17.7 Å². The number of hydrogen-bond donors (Lipinski definition) is 1. The van der Waals surface area contributed by atoms with Gasteiger partial charge in [-0.2, -0.15) is 0 Å². The number of carbonyl (C=O) groups is 2. The van der Waals surface area contributed by atoms with E-state index in [9.17, 15) is 14.7 Å². The highest BCUT2D eigenvalue weighted by atomic mass is 16.3. The van der Waals surface area contributed by atoms with Crippen LogP contribution >= 0.6 is 0 Å². The molecule has 1 amide bonds. The SMILES string of the molecule is O=C(CC1(O)C(=O)N(C/C=C/c2ccccc2)c2ccccc21)c1ccccc1. The number of aliphatic hydroxyl groups is 1. The molecule has 0 saturated heterocycles. The van der Waals surface area contributed by atoms with Crippen LogP contribution in [-0.2, 0) is 10.4 Å². The third-order valence-corrected chi connectivity index (χ3v) is 5.15. The summed E-state index contributed by atoms with van der Waals surface area (Å²) < 4.78 is 0. The lowest BCUT2D eigenvalue weighted by atomic mass is 9.88. The van der Waals surface area contributed by atoms with Crippen molar-refractivity contribution in [1.82, 2.24) is 0 Å². The minimum atomic E-state index is -1.86. The zero-order valence-electron chi connectivity index (χ0n) is 15.9. The molecule has 3 aromatic carbocycles. The van der Waals surface area contributed by atoms with Crippen molar-refractivity contribution in [3.05, 3.63) is 108 Å². The van der Waals surface area contributed by atoms with Crippen molar-refractivity contribution >= 4 is 23.5 Å². The summed E-state index contributed by atoms with van der Waals surface area (Å²) in [7, 11) is 0. The molecule has 0 aromatic heterocycles. The monoisotopic (exact) mass is 383 g/mol. The van der Waals surface area contributed by atoms with Gasteiger partial charge in [-0.05, 0) is 11.6 Å². The predicted octanol–water partition coefficient (Wildman–Crippen LogP) is 4.21. The van der Waals surface area contributed by atoms with Gasteiger partial charge in [0.2, 0.25) is 0 Å². The van der Waals surface area contributed by atoms with Crippen molar-refractivity contribution in [2.75, 3.05) is 11.4 Å². The van der Waals surface area contributed by atoms with Gasteiger partial charge in [0.05, 0.1) is 12.1 Å². The highest BCUT2D eigenvalue weighted by Gasteiger charge is 2.50. The minimum Gasteiger partial charge on any atom is -0.375 e. The average Bonchev–Trinajstić information content (AvgIpc) is 2.97. The summed E-state index contributed by atoms with van der Waals surface area (Å²) in [5, 5.41) is 11.3. The predicted molar refractivity (Wildman–Crippen MR) is 114 cm³/mol. The Morgan fingerprint density at radius 2 is 1.52 bits per heavy atom. The molecule has 0 bridgehead atoms. The second-order valence-corrected chi connectivity index (χ2v) is 7.07. The van der Waals surface area contributed by atoms with E-state index in [1.807, 2.05) is 54.6 Å². The summed E-state index contributed by atoms with van der Waals surface area (Å²) in [6, 6.07) is 25.6. The molecule has 1 unspecified atom stereocenters. The maximum Gasteiger partial charge on any atom is 0.264 e. The molecule has 4 rings (SSSR count). The molecule has 1 aliphatic rings. The molecule has 1 N–H and O–H groups in total. The quantitative estimate of drug-likeness (QED) is 0.649. The maximum absolute atomic E-state index is 13.2. The lowest BCUT2D eigenvalue weighted by Crippen LogP contribution is -2.41. The van der Waals surface area contributed by atoms with Crippen molar-refractivity contribution in [2.24, 2.45) is 0 Å². The second-order valence-electron chi connectivity index (χ2n) is 7.07. The van der Waals surface area contributed by atoms with Crippen LogP contribution in [0.3, 0.4) is 0 Å². The molecule has 0 spiro atoms. The molecular weight excluding hydrogens is 362 g/mol. The van der Waals surface area contributed by atoms with Gasteiger partial charge in [-0.15, -0.1) is 0 Å². The van der Waals surface area contributed by atoms with Crippen molar-refractivity contribution < 1.29 is 14.7 Å². The van der Waals surface area contributed by atoms with Crippen LogP contribution in [0.25, 0.3) is 6.08 Å². The molecular formula is C25H21NO3. The zero-order chi connectivity index (χ0) is 20.3. The van der Waals surface area contributed by atoms with Gasteiger partial charge in [0.1, 0.15) is 0 Å². The van der Waals surface area contributed by atoms with Gasteiger partial charge in [0.15, 0.2) is 11.4 Å². The van der Waals surface area contributed by atoms with E-state index < -0.39 is 11.5 Å². The molecule has 0 aliphatic carbocycles. The van der Waals surface area contributed by atoms with E-state index in [1.165, 1.54) is 4.90 Å². The number of ketones is 1. The van der Waals surface area contributed by atoms with Gasteiger partial charge in [-0.1, -0.05) is 91.0 Å². The normalized spacial score (nSPS) is 18.2. The fourth-order valence-electron chi connectivity index (χ4n) is 3.68. The van der Waals surface area contributed by atoms with Crippen molar-refractivity contribution in [1.29, 1.82) is 0 Å². The topological polar surface area (TPSA) is 57.6 Å². The fourth-order valence-corrected chi connectivity index (χ4v) is 3.68. The summed E-state index contributed by atoms with van der Waals surface area (Å²) in [5.74, 6) is -0.737. The van der Waals surface area contributed by atoms with Crippen LogP contribution in [-0.4, -0.2) is 23.3 Å². The number of para-hydroxylation sites is 1. The average molecular weight is 383 g/mol. The Balaban J connectivity index is 1.60. The Bertz CT molecular complexity index is 1060. The third-order valence-electron chi connectivity index (χ3n) is 5.15. The first kappa shape index (κ1) is 18.8. The van der Waals surface area contributed by atoms with Gasteiger partial charge in [-0.25, -0.2) is 0 Å². The van der Waals surface area contributed by atoms with Crippen LogP contribution in [0.4, 0.5) is 5.69 Å². The first-order valence-corrected chi connectivity index (χ1v) is 9.53. The summed E-state index contributed by atoms with van der Waals surface area (Å²) in [4.78, 5) is 27.4. The molecule has 0 fully saturated rings. The summed E-state index contributed by atoms with van der Waals surface area (Å²) >= 11 is 0. The van der Waals surface area contributed by atoms with Crippen LogP contribution in [0.15, 0.2) is 91.0 Å². The molecule has 0 saturated carbocycles. The lowest BCUT2D eigenvalue weighted by molar-refractivity contribution is -0.135. The number of Topliss-reactive ketones (excluding diaryl/α,β-unsaturated/α-hetero) is 1. The van der Waals surface area contributed by atoms with E-state index >= 15 is 0 Å². The molecule has 144 valence electrons. The number of hydrogen-bond acceptors (Lipinski definition) is 3. The molecule has 29 heavy (non-hydrogen) atoms. The Labute approximate surface area is 169 Å². The minimum absolute atomic E-state index is 0.266.